The molecule has 1 N–H and O–H groups in total. The van der Waals surface area contributed by atoms with Gasteiger partial charge in [0.25, 0.3) is 0 Å². The first-order valence-electron chi connectivity index (χ1n) is 7.26. The molecule has 0 radical (unpaired) electrons. The summed E-state index contributed by atoms with van der Waals surface area (Å²) in [4.78, 5) is 2.53. The van der Waals surface area contributed by atoms with Gasteiger partial charge in [-0.1, -0.05) is 18.5 Å². The largest absolute Gasteiger partial charge is 0.496 e. The van der Waals surface area contributed by atoms with Crippen LogP contribution in [-0.4, -0.2) is 36.7 Å². The second-order valence-corrected chi connectivity index (χ2v) is 6.62. The summed E-state index contributed by atoms with van der Waals surface area (Å²) >= 11 is 6.13. The minimum atomic E-state index is 0.150. The second kappa shape index (κ2) is 6.33. The lowest BCUT2D eigenvalue weighted by atomic mass is 9.97. The van der Waals surface area contributed by atoms with Crippen LogP contribution in [0.25, 0.3) is 0 Å². The first-order valence-corrected chi connectivity index (χ1v) is 7.64. The van der Waals surface area contributed by atoms with Gasteiger partial charge in [0.2, 0.25) is 0 Å². The van der Waals surface area contributed by atoms with Crippen LogP contribution < -0.4 is 10.1 Å². The van der Waals surface area contributed by atoms with Gasteiger partial charge >= 0.3 is 0 Å². The van der Waals surface area contributed by atoms with E-state index in [-0.39, 0.29) is 5.54 Å². The highest BCUT2D eigenvalue weighted by Crippen LogP contribution is 2.27. The summed E-state index contributed by atoms with van der Waals surface area (Å²) < 4.78 is 5.46. The van der Waals surface area contributed by atoms with Gasteiger partial charge in [-0.05, 0) is 38.5 Å². The van der Waals surface area contributed by atoms with Crippen LogP contribution in [0.3, 0.4) is 0 Å². The van der Waals surface area contributed by atoms with E-state index in [4.69, 9.17) is 16.3 Å². The van der Waals surface area contributed by atoms with Gasteiger partial charge in [-0.3, -0.25) is 4.90 Å². The molecule has 0 aromatic heterocycles. The van der Waals surface area contributed by atoms with Gasteiger partial charge in [0.05, 0.1) is 7.11 Å². The highest BCUT2D eigenvalue weighted by atomic mass is 35.5. The van der Waals surface area contributed by atoms with Crippen molar-refractivity contribution in [1.82, 2.24) is 10.2 Å². The third kappa shape index (κ3) is 3.66. The van der Waals surface area contributed by atoms with Crippen LogP contribution in [0.15, 0.2) is 18.2 Å². The molecule has 20 heavy (non-hydrogen) atoms. The number of nitrogens with one attached hydrogen (secondary N) is 1. The molecule has 1 unspecified atom stereocenters. The van der Waals surface area contributed by atoms with Crippen LogP contribution in [-0.2, 0) is 6.54 Å². The average molecular weight is 297 g/mol. The third-order valence-corrected chi connectivity index (χ3v) is 4.25. The predicted molar refractivity (Wildman–Crippen MR) is 84.6 cm³/mol. The Morgan fingerprint density at radius 2 is 2.20 bits per heavy atom. The number of methoxy groups -OCH3 is 1. The fraction of sp³-hybridized carbons (Fsp3) is 0.625. The fourth-order valence-electron chi connectivity index (χ4n) is 2.89. The Morgan fingerprint density at radius 3 is 2.85 bits per heavy atom. The van der Waals surface area contributed by atoms with Gasteiger partial charge in [-0.15, -0.1) is 0 Å². The van der Waals surface area contributed by atoms with E-state index in [0.717, 1.165) is 42.4 Å². The molecule has 1 aliphatic rings. The molecule has 0 bridgehead atoms. The SMILES string of the molecule is CCC1CNC(C)(C)CN1Cc1cc(Cl)ccc1OC. The van der Waals surface area contributed by atoms with Crippen molar-refractivity contribution in [2.45, 2.75) is 45.3 Å². The fourth-order valence-corrected chi connectivity index (χ4v) is 3.09. The maximum absolute atomic E-state index is 6.13. The Morgan fingerprint density at radius 1 is 1.45 bits per heavy atom. The first-order chi connectivity index (χ1) is 9.45. The normalized spacial score (nSPS) is 22.8. The molecule has 1 saturated heterocycles. The maximum atomic E-state index is 6.13. The summed E-state index contributed by atoms with van der Waals surface area (Å²) in [6, 6.07) is 6.41. The smallest absolute Gasteiger partial charge is 0.123 e. The average Bonchev–Trinajstić information content (AvgIpc) is 2.38. The van der Waals surface area contributed by atoms with Crippen molar-refractivity contribution in [3.63, 3.8) is 0 Å². The van der Waals surface area contributed by atoms with E-state index in [0.29, 0.717) is 6.04 Å². The zero-order valence-electron chi connectivity index (χ0n) is 12.9. The molecule has 1 heterocycles. The summed E-state index contributed by atoms with van der Waals surface area (Å²) in [5.41, 5.74) is 1.31. The van der Waals surface area contributed by atoms with Crippen LogP contribution in [0.5, 0.6) is 5.75 Å². The lowest BCUT2D eigenvalue weighted by molar-refractivity contribution is 0.0851. The molecule has 2 rings (SSSR count). The van der Waals surface area contributed by atoms with Crippen molar-refractivity contribution < 1.29 is 4.74 Å². The number of hydrogen-bond acceptors (Lipinski definition) is 3. The van der Waals surface area contributed by atoms with E-state index in [1.165, 1.54) is 0 Å². The molecular formula is C16H25ClN2O. The van der Waals surface area contributed by atoms with E-state index < -0.39 is 0 Å². The van der Waals surface area contributed by atoms with Gasteiger partial charge in [0.1, 0.15) is 5.75 Å². The van der Waals surface area contributed by atoms with Crippen LogP contribution in [0.4, 0.5) is 0 Å². The van der Waals surface area contributed by atoms with Crippen molar-refractivity contribution >= 4 is 11.6 Å². The Balaban J connectivity index is 2.20. The van der Waals surface area contributed by atoms with Gasteiger partial charge in [-0.2, -0.15) is 0 Å². The molecule has 4 heteroatoms. The molecule has 1 aliphatic heterocycles. The van der Waals surface area contributed by atoms with Crippen molar-refractivity contribution in [3.05, 3.63) is 28.8 Å². The molecule has 0 amide bonds. The molecule has 1 fully saturated rings. The van der Waals surface area contributed by atoms with Crippen molar-refractivity contribution in [2.24, 2.45) is 0 Å². The first kappa shape index (κ1) is 15.6. The number of halogens is 1. The van der Waals surface area contributed by atoms with E-state index in [9.17, 15) is 0 Å². The van der Waals surface area contributed by atoms with E-state index in [1.807, 2.05) is 18.2 Å². The number of hydrogen-bond donors (Lipinski definition) is 1. The van der Waals surface area contributed by atoms with Crippen LogP contribution in [0, 0.1) is 0 Å². The zero-order chi connectivity index (χ0) is 14.8. The van der Waals surface area contributed by atoms with Gasteiger partial charge in [-0.25, -0.2) is 0 Å². The second-order valence-electron chi connectivity index (χ2n) is 6.19. The maximum Gasteiger partial charge on any atom is 0.123 e. The minimum absolute atomic E-state index is 0.150. The van der Waals surface area contributed by atoms with Gasteiger partial charge < -0.3 is 10.1 Å². The lowest BCUT2D eigenvalue weighted by Gasteiger charge is -2.44. The summed E-state index contributed by atoms with van der Waals surface area (Å²) in [6.45, 7) is 9.69. The lowest BCUT2D eigenvalue weighted by Crippen LogP contribution is -2.61. The van der Waals surface area contributed by atoms with Crippen LogP contribution in [0.2, 0.25) is 5.02 Å². The Kier molecular flexibility index (Phi) is 4.95. The summed E-state index contributed by atoms with van der Waals surface area (Å²) in [5.74, 6) is 0.917. The van der Waals surface area contributed by atoms with E-state index in [1.54, 1.807) is 7.11 Å². The summed E-state index contributed by atoms with van der Waals surface area (Å²) in [5, 5.41) is 4.38. The number of nitrogens with zero attached hydrogens (tertiary/aromatic N) is 1. The number of ether oxygens (including phenoxy) is 1. The molecule has 0 spiro atoms. The Bertz CT molecular complexity index is 462. The standard InChI is InChI=1S/C16H25ClN2O/c1-5-14-9-18-16(2,3)11-19(14)10-12-8-13(17)6-7-15(12)20-4/h6-8,14,18H,5,9-11H2,1-4H3. The van der Waals surface area contributed by atoms with Crippen molar-refractivity contribution in [2.75, 3.05) is 20.2 Å². The van der Waals surface area contributed by atoms with Crippen LogP contribution >= 0.6 is 11.6 Å². The highest BCUT2D eigenvalue weighted by Gasteiger charge is 2.31. The topological polar surface area (TPSA) is 24.5 Å². The number of benzene rings is 1. The van der Waals surface area contributed by atoms with Gasteiger partial charge in [0.15, 0.2) is 0 Å². The van der Waals surface area contributed by atoms with Crippen LogP contribution in [0.1, 0.15) is 32.8 Å². The zero-order valence-corrected chi connectivity index (χ0v) is 13.6. The van der Waals surface area contributed by atoms with E-state index in [2.05, 4.69) is 31.0 Å². The van der Waals surface area contributed by atoms with Crippen molar-refractivity contribution in [3.8, 4) is 5.75 Å². The quantitative estimate of drug-likeness (QED) is 0.922. The molecule has 1 atom stereocenters. The number of piperazine rings is 1. The van der Waals surface area contributed by atoms with Crippen molar-refractivity contribution in [1.29, 1.82) is 0 Å². The summed E-state index contributed by atoms with van der Waals surface area (Å²) in [6.07, 6.45) is 1.14. The Labute approximate surface area is 127 Å². The Hall–Kier alpha value is -0.770. The summed E-state index contributed by atoms with van der Waals surface area (Å²) in [7, 11) is 1.71. The van der Waals surface area contributed by atoms with E-state index >= 15 is 0 Å². The molecule has 3 nitrogen and oxygen atoms in total. The molecule has 112 valence electrons. The molecule has 1 aromatic carbocycles. The molecule has 1 aromatic rings. The molecule has 0 saturated carbocycles. The monoisotopic (exact) mass is 296 g/mol. The number of rotatable bonds is 4. The molecular weight excluding hydrogens is 272 g/mol. The highest BCUT2D eigenvalue weighted by molar-refractivity contribution is 6.30. The molecule has 0 aliphatic carbocycles. The third-order valence-electron chi connectivity index (χ3n) is 4.02. The predicted octanol–water partition coefficient (Wildman–Crippen LogP) is 3.31. The minimum Gasteiger partial charge on any atom is -0.496 e. The van der Waals surface area contributed by atoms with Gasteiger partial charge in [0, 0.05) is 41.8 Å².